The van der Waals surface area contributed by atoms with Gasteiger partial charge < -0.3 is 15.2 Å². The molecule has 3 atom stereocenters. The Bertz CT molecular complexity index is 444. The van der Waals surface area contributed by atoms with Crippen LogP contribution < -0.4 is 5.32 Å². The highest BCUT2D eigenvalue weighted by atomic mass is 19.1. The molecule has 21 heavy (non-hydrogen) atoms. The summed E-state index contributed by atoms with van der Waals surface area (Å²) in [7, 11) is 1.86. The van der Waals surface area contributed by atoms with Crippen molar-refractivity contribution in [3.05, 3.63) is 35.6 Å². The summed E-state index contributed by atoms with van der Waals surface area (Å²) >= 11 is 0. The van der Waals surface area contributed by atoms with Gasteiger partial charge in [-0.3, -0.25) is 4.90 Å². The maximum absolute atomic E-state index is 14.0. The fraction of sp³-hybridized carbons (Fsp3) is 0.625. The van der Waals surface area contributed by atoms with Gasteiger partial charge in [0.15, 0.2) is 0 Å². The molecule has 1 aromatic rings. The Morgan fingerprint density at radius 2 is 2.24 bits per heavy atom. The molecular weight excluding hydrogens is 271 g/mol. The third-order valence-electron chi connectivity index (χ3n) is 4.09. The molecule has 0 spiro atoms. The fourth-order valence-electron chi connectivity index (χ4n) is 3.04. The molecule has 1 aromatic carbocycles. The first-order chi connectivity index (χ1) is 10.2. The number of halogens is 1. The zero-order chi connectivity index (χ0) is 15.2. The minimum atomic E-state index is -0.168. The summed E-state index contributed by atoms with van der Waals surface area (Å²) in [5, 5.41) is 12.4. The second-order valence-electron chi connectivity index (χ2n) is 5.70. The van der Waals surface area contributed by atoms with E-state index in [4.69, 9.17) is 4.74 Å². The maximum atomic E-state index is 14.0. The molecule has 3 unspecified atom stereocenters. The van der Waals surface area contributed by atoms with Crippen molar-refractivity contribution in [1.29, 1.82) is 0 Å². The highest BCUT2D eigenvalue weighted by Gasteiger charge is 2.26. The van der Waals surface area contributed by atoms with Gasteiger partial charge in [-0.05, 0) is 19.0 Å². The molecule has 0 aromatic heterocycles. The molecule has 118 valence electrons. The number of benzene rings is 1. The van der Waals surface area contributed by atoms with Crippen LogP contribution in [-0.2, 0) is 4.74 Å². The van der Waals surface area contributed by atoms with E-state index >= 15 is 0 Å². The van der Waals surface area contributed by atoms with Crippen LogP contribution in [0.5, 0.6) is 0 Å². The Balaban J connectivity index is 2.00. The van der Waals surface area contributed by atoms with E-state index in [2.05, 4.69) is 17.1 Å². The van der Waals surface area contributed by atoms with Gasteiger partial charge in [-0.15, -0.1) is 0 Å². The molecule has 4 nitrogen and oxygen atoms in total. The Hall–Kier alpha value is -1.01. The molecule has 1 heterocycles. The second kappa shape index (κ2) is 7.84. The van der Waals surface area contributed by atoms with Gasteiger partial charge >= 0.3 is 0 Å². The van der Waals surface area contributed by atoms with E-state index in [9.17, 15) is 9.50 Å². The molecule has 1 aliphatic rings. The molecular formula is C16H25FN2O2. The Labute approximate surface area is 125 Å². The highest BCUT2D eigenvalue weighted by Crippen LogP contribution is 2.25. The van der Waals surface area contributed by atoms with Gasteiger partial charge in [0.25, 0.3) is 0 Å². The quantitative estimate of drug-likeness (QED) is 0.833. The van der Waals surface area contributed by atoms with Crippen LogP contribution in [0.1, 0.15) is 18.5 Å². The molecule has 0 aliphatic carbocycles. The first-order valence-corrected chi connectivity index (χ1v) is 7.52. The van der Waals surface area contributed by atoms with Gasteiger partial charge in [-0.1, -0.05) is 25.1 Å². The van der Waals surface area contributed by atoms with E-state index in [-0.39, 0.29) is 30.5 Å². The molecule has 1 saturated heterocycles. The van der Waals surface area contributed by atoms with E-state index in [1.165, 1.54) is 6.07 Å². The van der Waals surface area contributed by atoms with Gasteiger partial charge in [-0.25, -0.2) is 4.39 Å². The average molecular weight is 296 g/mol. The van der Waals surface area contributed by atoms with Gasteiger partial charge in [0.2, 0.25) is 0 Å². The summed E-state index contributed by atoms with van der Waals surface area (Å²) in [6.45, 7) is 5.25. The number of ether oxygens (including phenoxy) is 1. The monoisotopic (exact) mass is 296 g/mol. The van der Waals surface area contributed by atoms with Crippen molar-refractivity contribution in [2.24, 2.45) is 5.92 Å². The molecule has 2 N–H and O–H groups in total. The van der Waals surface area contributed by atoms with Gasteiger partial charge in [-0.2, -0.15) is 0 Å². The number of nitrogens with zero attached hydrogens (tertiary/aromatic N) is 1. The zero-order valence-electron chi connectivity index (χ0n) is 12.8. The first kappa shape index (κ1) is 16.4. The van der Waals surface area contributed by atoms with Crippen LogP contribution in [-0.4, -0.2) is 56.0 Å². The standard InChI is InChI=1S/C16H25FN2O2/c1-12(9-19-7-8-21-13(10-19)11-20)16(18-2)14-5-3-4-6-15(14)17/h3-6,12-13,16,18,20H,7-11H2,1-2H3. The molecule has 0 bridgehead atoms. The topological polar surface area (TPSA) is 44.7 Å². The molecule has 0 saturated carbocycles. The van der Waals surface area contributed by atoms with Crippen molar-refractivity contribution < 1.29 is 14.2 Å². The number of aliphatic hydroxyl groups is 1. The predicted octanol–water partition coefficient (Wildman–Crippen LogP) is 1.42. The van der Waals surface area contributed by atoms with E-state index in [1.807, 2.05) is 19.2 Å². The summed E-state index contributed by atoms with van der Waals surface area (Å²) < 4.78 is 19.4. The Kier molecular flexibility index (Phi) is 6.11. The number of hydrogen-bond acceptors (Lipinski definition) is 4. The largest absolute Gasteiger partial charge is 0.394 e. The second-order valence-corrected chi connectivity index (χ2v) is 5.70. The van der Waals surface area contributed by atoms with Crippen LogP contribution >= 0.6 is 0 Å². The minimum absolute atomic E-state index is 0.0263. The minimum Gasteiger partial charge on any atom is -0.394 e. The maximum Gasteiger partial charge on any atom is 0.127 e. The third-order valence-corrected chi connectivity index (χ3v) is 4.09. The van der Waals surface area contributed by atoms with E-state index in [0.29, 0.717) is 12.2 Å². The van der Waals surface area contributed by atoms with Gasteiger partial charge in [0.05, 0.1) is 19.3 Å². The van der Waals surface area contributed by atoms with E-state index < -0.39 is 0 Å². The number of hydrogen-bond donors (Lipinski definition) is 2. The van der Waals surface area contributed by atoms with Crippen LogP contribution in [0.25, 0.3) is 0 Å². The van der Waals surface area contributed by atoms with Crippen LogP contribution in [0.15, 0.2) is 24.3 Å². The molecule has 2 rings (SSSR count). The zero-order valence-corrected chi connectivity index (χ0v) is 12.8. The smallest absolute Gasteiger partial charge is 0.127 e. The summed E-state index contributed by atoms with van der Waals surface area (Å²) in [5.74, 6) is 0.0863. The van der Waals surface area contributed by atoms with Crippen LogP contribution in [0, 0.1) is 11.7 Å². The van der Waals surface area contributed by atoms with Gasteiger partial charge in [0, 0.05) is 31.2 Å². The van der Waals surface area contributed by atoms with Crippen molar-refractivity contribution in [2.75, 3.05) is 39.9 Å². The highest BCUT2D eigenvalue weighted by molar-refractivity contribution is 5.21. The van der Waals surface area contributed by atoms with Crippen molar-refractivity contribution in [3.8, 4) is 0 Å². The van der Waals surface area contributed by atoms with E-state index in [1.54, 1.807) is 6.07 Å². The molecule has 0 amide bonds. The first-order valence-electron chi connectivity index (χ1n) is 7.52. The third kappa shape index (κ3) is 4.23. The van der Waals surface area contributed by atoms with Crippen molar-refractivity contribution in [1.82, 2.24) is 10.2 Å². The predicted molar refractivity (Wildman–Crippen MR) is 80.6 cm³/mol. The average Bonchev–Trinajstić information content (AvgIpc) is 2.50. The molecule has 1 fully saturated rings. The Morgan fingerprint density at radius 1 is 1.48 bits per heavy atom. The normalized spacial score (nSPS) is 23.0. The molecule has 0 radical (unpaired) electrons. The van der Waals surface area contributed by atoms with Crippen LogP contribution in [0.4, 0.5) is 4.39 Å². The van der Waals surface area contributed by atoms with Crippen molar-refractivity contribution in [3.63, 3.8) is 0 Å². The number of aliphatic hydroxyl groups excluding tert-OH is 1. The van der Waals surface area contributed by atoms with Crippen LogP contribution in [0.2, 0.25) is 0 Å². The summed E-state index contributed by atoms with van der Waals surface area (Å²) in [6, 6.07) is 6.89. The number of morpholine rings is 1. The lowest BCUT2D eigenvalue weighted by Gasteiger charge is -2.35. The molecule has 5 heteroatoms. The van der Waals surface area contributed by atoms with Crippen molar-refractivity contribution in [2.45, 2.75) is 19.1 Å². The lowest BCUT2D eigenvalue weighted by Crippen LogP contribution is -2.46. The fourth-order valence-corrected chi connectivity index (χ4v) is 3.04. The van der Waals surface area contributed by atoms with Crippen molar-refractivity contribution >= 4 is 0 Å². The SMILES string of the molecule is CNC(c1ccccc1F)C(C)CN1CCOC(CO)C1. The lowest BCUT2D eigenvalue weighted by molar-refractivity contribution is -0.0566. The summed E-state index contributed by atoms with van der Waals surface area (Å²) in [4.78, 5) is 2.28. The summed E-state index contributed by atoms with van der Waals surface area (Å²) in [5.41, 5.74) is 0.708. The number of nitrogens with one attached hydrogen (secondary N) is 1. The Morgan fingerprint density at radius 3 is 2.90 bits per heavy atom. The summed E-state index contributed by atoms with van der Waals surface area (Å²) in [6.07, 6.45) is -0.104. The number of rotatable bonds is 6. The lowest BCUT2D eigenvalue weighted by atomic mass is 9.93. The van der Waals surface area contributed by atoms with Crippen LogP contribution in [0.3, 0.4) is 0 Å². The van der Waals surface area contributed by atoms with Gasteiger partial charge in [0.1, 0.15) is 5.82 Å². The molecule has 1 aliphatic heterocycles. The van der Waals surface area contributed by atoms with E-state index in [0.717, 1.165) is 19.6 Å².